The third-order valence-electron chi connectivity index (χ3n) is 4.45. The summed E-state index contributed by atoms with van der Waals surface area (Å²) in [5.74, 6) is 0.0528. The Kier molecular flexibility index (Phi) is 5.88. The molecule has 28 heavy (non-hydrogen) atoms. The number of amides is 3. The van der Waals surface area contributed by atoms with Crippen LogP contribution in [0.3, 0.4) is 0 Å². The normalized spacial score (nSPS) is 14.9. The third kappa shape index (κ3) is 4.28. The number of hydrogen-bond acceptors (Lipinski definition) is 5. The van der Waals surface area contributed by atoms with Crippen molar-refractivity contribution in [1.29, 1.82) is 0 Å². The predicted molar refractivity (Wildman–Crippen MR) is 102 cm³/mol. The number of aromatic nitrogens is 2. The Bertz CT molecular complexity index is 928. The summed E-state index contributed by atoms with van der Waals surface area (Å²) in [7, 11) is 1.35. The van der Waals surface area contributed by atoms with Gasteiger partial charge in [0, 0.05) is 13.0 Å². The summed E-state index contributed by atoms with van der Waals surface area (Å²) in [6.07, 6.45) is 6.14. The van der Waals surface area contributed by atoms with Crippen molar-refractivity contribution in [2.24, 2.45) is 0 Å². The number of imidazole rings is 1. The lowest BCUT2D eigenvalue weighted by atomic mass is 10.1. The first-order valence-corrected chi connectivity index (χ1v) is 9.07. The first kappa shape index (κ1) is 19.3. The second-order valence-electron chi connectivity index (χ2n) is 6.44. The van der Waals surface area contributed by atoms with E-state index in [-0.39, 0.29) is 11.7 Å². The van der Waals surface area contributed by atoms with E-state index in [1.54, 1.807) is 24.4 Å². The van der Waals surface area contributed by atoms with Gasteiger partial charge in [-0.2, -0.15) is 0 Å². The van der Waals surface area contributed by atoms with Gasteiger partial charge in [0.15, 0.2) is 0 Å². The van der Waals surface area contributed by atoms with Gasteiger partial charge in [-0.05, 0) is 30.2 Å². The fourth-order valence-corrected chi connectivity index (χ4v) is 2.94. The highest BCUT2D eigenvalue weighted by molar-refractivity contribution is 6.13. The van der Waals surface area contributed by atoms with E-state index in [4.69, 9.17) is 4.74 Å². The number of benzene rings is 1. The molecule has 2 N–H and O–H groups in total. The van der Waals surface area contributed by atoms with E-state index < -0.39 is 11.9 Å². The Labute approximate surface area is 162 Å². The van der Waals surface area contributed by atoms with E-state index in [1.807, 2.05) is 16.7 Å². The number of nitrogens with one attached hydrogen (secondary N) is 2. The van der Waals surface area contributed by atoms with Gasteiger partial charge in [-0.15, -0.1) is 0 Å². The number of imide groups is 1. The van der Waals surface area contributed by atoms with Crippen LogP contribution in [0.25, 0.3) is 6.08 Å². The fraction of sp³-hybridized carbons (Fsp3) is 0.300. The number of ether oxygens (including phenoxy) is 1. The van der Waals surface area contributed by atoms with Crippen molar-refractivity contribution >= 4 is 24.0 Å². The summed E-state index contributed by atoms with van der Waals surface area (Å²) >= 11 is 0. The average molecular weight is 382 g/mol. The number of esters is 1. The summed E-state index contributed by atoms with van der Waals surface area (Å²) < 4.78 is 6.73. The number of unbranched alkanes of at least 4 members (excludes halogenated alkanes) is 1. The Morgan fingerprint density at radius 1 is 1.21 bits per heavy atom. The van der Waals surface area contributed by atoms with Crippen LogP contribution >= 0.6 is 0 Å². The molecular formula is C20H22N4O4. The maximum Gasteiger partial charge on any atom is 0.337 e. The number of carbonyl (C=O) groups is 3. The van der Waals surface area contributed by atoms with Gasteiger partial charge in [0.2, 0.25) is 0 Å². The highest BCUT2D eigenvalue weighted by Crippen LogP contribution is 2.17. The van der Waals surface area contributed by atoms with Crippen LogP contribution in [0.15, 0.2) is 36.2 Å². The van der Waals surface area contributed by atoms with Crippen molar-refractivity contribution in [2.75, 3.05) is 7.11 Å². The molecule has 1 aliphatic rings. The zero-order valence-electron chi connectivity index (χ0n) is 15.8. The molecule has 0 saturated carbocycles. The maximum atomic E-state index is 11.8. The zero-order valence-corrected chi connectivity index (χ0v) is 15.8. The van der Waals surface area contributed by atoms with Gasteiger partial charge >= 0.3 is 12.0 Å². The summed E-state index contributed by atoms with van der Waals surface area (Å²) in [4.78, 5) is 39.3. The summed E-state index contributed by atoms with van der Waals surface area (Å²) in [6, 6.07) is 6.61. The minimum absolute atomic E-state index is 0.189. The molecule has 8 heteroatoms. The van der Waals surface area contributed by atoms with Crippen molar-refractivity contribution in [2.45, 2.75) is 32.7 Å². The molecule has 8 nitrogen and oxygen atoms in total. The molecule has 1 aromatic heterocycles. The SMILES string of the molecule is CCCCc1ncc(C=C2NC(=O)NC2=O)n1Cc1ccc(C(=O)OC)cc1. The van der Waals surface area contributed by atoms with E-state index in [0.29, 0.717) is 12.1 Å². The molecule has 2 aromatic rings. The number of urea groups is 1. The second-order valence-corrected chi connectivity index (χ2v) is 6.44. The van der Waals surface area contributed by atoms with Crippen molar-refractivity contribution in [1.82, 2.24) is 20.2 Å². The van der Waals surface area contributed by atoms with Gasteiger partial charge in [-0.25, -0.2) is 14.6 Å². The van der Waals surface area contributed by atoms with Crippen molar-refractivity contribution in [3.63, 3.8) is 0 Å². The monoisotopic (exact) mass is 382 g/mol. The average Bonchev–Trinajstić information content (AvgIpc) is 3.22. The standard InChI is InChI=1S/C20H22N4O4/c1-3-4-5-17-21-11-15(10-16-18(25)23-20(27)22-16)24(17)12-13-6-8-14(9-7-13)19(26)28-2/h6-11H,3-5,12H2,1-2H3,(H2,22,23,25,27). The number of nitrogens with zero attached hydrogens (tertiary/aromatic N) is 2. The van der Waals surface area contributed by atoms with Crippen LogP contribution in [-0.4, -0.2) is 34.6 Å². The molecule has 1 aromatic carbocycles. The molecule has 2 heterocycles. The largest absolute Gasteiger partial charge is 0.465 e. The van der Waals surface area contributed by atoms with E-state index in [1.165, 1.54) is 7.11 Å². The van der Waals surface area contributed by atoms with Gasteiger partial charge in [0.25, 0.3) is 5.91 Å². The molecule has 3 rings (SSSR count). The van der Waals surface area contributed by atoms with E-state index in [9.17, 15) is 14.4 Å². The molecule has 146 valence electrons. The Morgan fingerprint density at radius 3 is 2.57 bits per heavy atom. The van der Waals surface area contributed by atoms with E-state index in [2.05, 4.69) is 22.5 Å². The topological polar surface area (TPSA) is 102 Å². The first-order chi connectivity index (χ1) is 13.5. The smallest absolute Gasteiger partial charge is 0.337 e. The van der Waals surface area contributed by atoms with Crippen LogP contribution in [-0.2, 0) is 22.5 Å². The highest BCUT2D eigenvalue weighted by atomic mass is 16.5. The third-order valence-corrected chi connectivity index (χ3v) is 4.45. The van der Waals surface area contributed by atoms with Crippen LogP contribution in [0.4, 0.5) is 4.79 Å². The van der Waals surface area contributed by atoms with Crippen LogP contribution in [0.1, 0.15) is 47.2 Å². The quantitative estimate of drug-likeness (QED) is 0.434. The number of carbonyl (C=O) groups excluding carboxylic acids is 3. The van der Waals surface area contributed by atoms with Crippen LogP contribution < -0.4 is 10.6 Å². The molecule has 1 fully saturated rings. The summed E-state index contributed by atoms with van der Waals surface area (Å²) in [5.41, 5.74) is 2.36. The van der Waals surface area contributed by atoms with Crippen molar-refractivity contribution in [3.05, 3.63) is 58.8 Å². The molecule has 1 saturated heterocycles. The van der Waals surface area contributed by atoms with Crippen LogP contribution in [0.2, 0.25) is 0 Å². The molecule has 0 unspecified atom stereocenters. The molecule has 0 aliphatic carbocycles. The first-order valence-electron chi connectivity index (χ1n) is 9.07. The minimum Gasteiger partial charge on any atom is -0.465 e. The minimum atomic E-state index is -0.535. The van der Waals surface area contributed by atoms with Gasteiger partial charge in [-0.3, -0.25) is 10.1 Å². The van der Waals surface area contributed by atoms with Gasteiger partial charge in [-0.1, -0.05) is 25.5 Å². The molecule has 1 aliphatic heterocycles. The molecule has 0 bridgehead atoms. The number of hydrogen-bond donors (Lipinski definition) is 2. The number of rotatable bonds is 7. The van der Waals surface area contributed by atoms with Gasteiger partial charge in [0.1, 0.15) is 11.5 Å². The lowest BCUT2D eigenvalue weighted by Gasteiger charge is -2.11. The lowest BCUT2D eigenvalue weighted by Crippen LogP contribution is -2.22. The molecule has 3 amide bonds. The zero-order chi connectivity index (χ0) is 20.1. The lowest BCUT2D eigenvalue weighted by molar-refractivity contribution is -0.115. The Hall–Kier alpha value is -3.42. The predicted octanol–water partition coefficient (Wildman–Crippen LogP) is 2.24. The van der Waals surface area contributed by atoms with Crippen LogP contribution in [0.5, 0.6) is 0 Å². The number of aryl methyl sites for hydroxylation is 1. The maximum absolute atomic E-state index is 11.8. The van der Waals surface area contributed by atoms with Crippen molar-refractivity contribution < 1.29 is 19.1 Å². The molecule has 0 atom stereocenters. The molecule has 0 radical (unpaired) electrons. The van der Waals surface area contributed by atoms with Crippen molar-refractivity contribution in [3.8, 4) is 0 Å². The Balaban J connectivity index is 1.90. The highest BCUT2D eigenvalue weighted by Gasteiger charge is 2.23. The summed E-state index contributed by atoms with van der Waals surface area (Å²) in [6.45, 7) is 2.63. The number of methoxy groups -OCH3 is 1. The second kappa shape index (κ2) is 8.51. The van der Waals surface area contributed by atoms with E-state index >= 15 is 0 Å². The Morgan fingerprint density at radius 2 is 1.96 bits per heavy atom. The molecule has 0 spiro atoms. The van der Waals surface area contributed by atoms with E-state index in [0.717, 1.165) is 36.3 Å². The summed E-state index contributed by atoms with van der Waals surface area (Å²) in [5, 5.41) is 4.68. The van der Waals surface area contributed by atoms with Gasteiger partial charge < -0.3 is 14.6 Å². The van der Waals surface area contributed by atoms with Gasteiger partial charge in [0.05, 0.1) is 24.6 Å². The molecular weight excluding hydrogens is 360 g/mol. The van der Waals surface area contributed by atoms with Crippen LogP contribution in [0, 0.1) is 0 Å². The fourth-order valence-electron chi connectivity index (χ4n) is 2.94.